The number of rotatable bonds is 34. The van der Waals surface area contributed by atoms with Crippen molar-refractivity contribution < 1.29 is 61.9 Å². The largest absolute Gasteiger partial charge is 0.490 e. The third-order valence-corrected chi connectivity index (χ3v) is 17.8. The molecule has 1 saturated heterocycles. The molecule has 1 atom stereocenters. The van der Waals surface area contributed by atoms with Gasteiger partial charge in [0.1, 0.15) is 23.9 Å². The lowest BCUT2D eigenvalue weighted by Gasteiger charge is -2.32. The van der Waals surface area contributed by atoms with E-state index in [-0.39, 0.29) is 141 Å². The zero-order valence-corrected chi connectivity index (χ0v) is 62.2. The number of hydrogen-bond donors (Lipinski definition) is 9. The molecule has 0 aliphatic carbocycles. The van der Waals surface area contributed by atoms with Crippen LogP contribution in [0.3, 0.4) is 0 Å². The quantitative estimate of drug-likeness (QED) is 0.0261. The van der Waals surface area contributed by atoms with Crippen molar-refractivity contribution in [1.82, 2.24) is 98.2 Å². The number of nitrogens with one attached hydrogen (secondary N) is 9. The monoisotopic (exact) mass is 1520 g/mol. The number of imidazole rings is 7. The van der Waals surface area contributed by atoms with Crippen LogP contribution in [0.2, 0.25) is 5.02 Å². The van der Waals surface area contributed by atoms with E-state index in [0.717, 1.165) is 77.9 Å². The van der Waals surface area contributed by atoms with E-state index in [4.69, 9.17) is 35.3 Å². The van der Waals surface area contributed by atoms with Gasteiger partial charge in [-0.15, -0.1) is 0 Å². The average molecular weight is 1520 g/mol. The van der Waals surface area contributed by atoms with Crippen LogP contribution in [-0.2, 0) is 85.5 Å². The molecule has 9 amide bonds. The van der Waals surface area contributed by atoms with Crippen LogP contribution in [0.5, 0.6) is 5.75 Å². The minimum Gasteiger partial charge on any atom is -0.490 e. The highest BCUT2D eigenvalue weighted by molar-refractivity contribution is 6.32. The Morgan fingerprint density at radius 3 is 1.51 bits per heavy atom. The number of ether oxygens (including phenoxy) is 3. The van der Waals surface area contributed by atoms with Gasteiger partial charge in [0.05, 0.1) is 48.2 Å². The molecule has 0 unspecified atom stereocenters. The van der Waals surface area contributed by atoms with Gasteiger partial charge in [0.15, 0.2) is 34.9 Å². The number of halogens is 1. The molecule has 0 radical (unpaired) electrons. The lowest BCUT2D eigenvalue weighted by molar-refractivity contribution is -0.121. The summed E-state index contributed by atoms with van der Waals surface area (Å²) in [5.74, 6) is -2.93. The van der Waals surface area contributed by atoms with Gasteiger partial charge in [-0.1, -0.05) is 28.9 Å². The first-order valence-electron chi connectivity index (χ1n) is 34.8. The predicted octanol–water partition coefficient (Wildman–Crippen LogP) is 3.47. The van der Waals surface area contributed by atoms with Gasteiger partial charge < -0.3 is 98.6 Å². The summed E-state index contributed by atoms with van der Waals surface area (Å²) in [7, 11) is 9.36. The van der Waals surface area contributed by atoms with Crippen LogP contribution in [0.15, 0.2) is 84.3 Å². The predicted molar refractivity (Wildman–Crippen MR) is 396 cm³/mol. The highest BCUT2D eigenvalue weighted by Crippen LogP contribution is 2.32. The summed E-state index contributed by atoms with van der Waals surface area (Å²) in [6.45, 7) is 10.8. The number of carbonyl (C=O) groups excluding carboxylic acids is 9. The number of fused-ring (bicyclic) bond motifs is 1. The molecule has 0 spiro atoms. The van der Waals surface area contributed by atoms with Crippen LogP contribution in [-0.4, -0.2) is 208 Å². The molecule has 38 nitrogen and oxygen atoms in total. The Hall–Kier alpha value is -12.4. The first kappa shape index (κ1) is 77.7. The summed E-state index contributed by atoms with van der Waals surface area (Å²) in [5, 5.41) is 28.2. The number of hydrogen-bond acceptors (Lipinski definition) is 22. The average Bonchev–Trinajstić information content (AvgIpc) is 1.63. The molecule has 0 bridgehead atoms. The van der Waals surface area contributed by atoms with Gasteiger partial charge in [0.2, 0.25) is 46.8 Å². The van der Waals surface area contributed by atoms with Gasteiger partial charge in [-0.2, -0.15) is 0 Å². The van der Waals surface area contributed by atoms with Gasteiger partial charge >= 0.3 is 0 Å². The second kappa shape index (κ2) is 35.3. The van der Waals surface area contributed by atoms with Crippen molar-refractivity contribution in [3.8, 4) is 16.9 Å². The fourth-order valence-electron chi connectivity index (χ4n) is 12.1. The number of nitrogens with zero attached hydrogens (tertiary/aromatic N) is 16. The van der Waals surface area contributed by atoms with E-state index in [1.807, 2.05) is 32.0 Å². The Morgan fingerprint density at radius 1 is 0.532 bits per heavy atom. The normalized spacial score (nSPS) is 12.5. The lowest BCUT2D eigenvalue weighted by Crippen LogP contribution is -2.44. The minimum atomic E-state index is -0.718. The number of aryl methyl sites for hydroxylation is 10. The van der Waals surface area contributed by atoms with E-state index >= 15 is 0 Å². The third kappa shape index (κ3) is 19.8. The van der Waals surface area contributed by atoms with E-state index in [9.17, 15) is 43.2 Å². The smallest absolute Gasteiger partial charge is 0.292 e. The zero-order valence-electron chi connectivity index (χ0n) is 61.4. The van der Waals surface area contributed by atoms with E-state index in [1.165, 1.54) is 85.7 Å². The Morgan fingerprint density at radius 2 is 1.03 bits per heavy atom. The number of carbonyl (C=O) groups is 9. The fraction of sp³-hybridized carbons (Fsp3) is 0.386. The summed E-state index contributed by atoms with van der Waals surface area (Å²) >= 11 is 6.74. The molecule has 2 aromatic carbocycles. The van der Waals surface area contributed by atoms with Crippen LogP contribution in [0.1, 0.15) is 113 Å². The molecule has 1 aliphatic rings. The molecular formula is C70H84ClN25O13. The molecule has 109 heavy (non-hydrogen) atoms. The second-order valence-corrected chi connectivity index (χ2v) is 26.2. The number of morpholine rings is 1. The molecule has 10 aromatic rings. The van der Waals surface area contributed by atoms with Crippen LogP contribution < -0.4 is 52.6 Å². The maximum absolute atomic E-state index is 13.4. The zero-order chi connectivity index (χ0) is 77.6. The fourth-order valence-corrected chi connectivity index (χ4v) is 12.3. The Balaban J connectivity index is 0.542. The topological polar surface area (TPSA) is 444 Å². The Labute approximate surface area is 628 Å². The number of benzene rings is 2. The van der Waals surface area contributed by atoms with Crippen molar-refractivity contribution in [2.45, 2.75) is 65.5 Å². The molecular weight excluding hydrogens is 1430 g/mol. The van der Waals surface area contributed by atoms with E-state index in [1.54, 1.807) is 27.3 Å². The molecule has 9 heterocycles. The summed E-state index contributed by atoms with van der Waals surface area (Å²) in [6.07, 6.45) is 11.1. The Bertz CT molecular complexity index is 5010. The molecule has 574 valence electrons. The maximum atomic E-state index is 13.4. The number of amides is 9. The molecule has 8 aromatic heterocycles. The van der Waals surface area contributed by atoms with Crippen LogP contribution in [0.25, 0.3) is 22.2 Å². The third-order valence-electron chi connectivity index (χ3n) is 17.5. The lowest BCUT2D eigenvalue weighted by atomic mass is 10.0. The van der Waals surface area contributed by atoms with Gasteiger partial charge in [0.25, 0.3) is 35.4 Å². The van der Waals surface area contributed by atoms with Gasteiger partial charge in [0, 0.05) is 169 Å². The van der Waals surface area contributed by atoms with E-state index in [2.05, 4.69) is 118 Å². The van der Waals surface area contributed by atoms with Crippen molar-refractivity contribution in [3.05, 3.63) is 143 Å². The molecule has 9 N–H and O–H groups in total. The van der Waals surface area contributed by atoms with Crippen LogP contribution in [0.4, 0.5) is 29.1 Å². The van der Waals surface area contributed by atoms with Gasteiger partial charge in [-0.25, -0.2) is 34.9 Å². The van der Waals surface area contributed by atoms with Gasteiger partial charge in [-0.05, 0) is 62.6 Å². The molecule has 0 saturated carbocycles. The summed E-state index contributed by atoms with van der Waals surface area (Å²) < 4.78 is 33.5. The van der Waals surface area contributed by atoms with E-state index in [0.29, 0.717) is 23.6 Å². The number of aromatic nitrogens is 15. The van der Waals surface area contributed by atoms with E-state index < -0.39 is 47.3 Å². The highest BCUT2D eigenvalue weighted by Gasteiger charge is 2.26. The van der Waals surface area contributed by atoms with Gasteiger partial charge in [-0.3, -0.25) is 48.1 Å². The summed E-state index contributed by atoms with van der Waals surface area (Å²) in [5.41, 5.74) is 5.85. The second-order valence-electron chi connectivity index (χ2n) is 25.8. The van der Waals surface area contributed by atoms with Crippen molar-refractivity contribution in [2.75, 3.05) is 98.9 Å². The van der Waals surface area contributed by atoms with Crippen molar-refractivity contribution in [2.24, 2.45) is 42.3 Å². The molecule has 39 heteroatoms. The first-order valence-corrected chi connectivity index (χ1v) is 35.2. The molecule has 1 aliphatic heterocycles. The summed E-state index contributed by atoms with van der Waals surface area (Å²) in [6, 6.07) is 12.4. The minimum absolute atomic E-state index is 0.00314. The van der Waals surface area contributed by atoms with Crippen LogP contribution >= 0.6 is 11.6 Å². The molecule has 1 fully saturated rings. The van der Waals surface area contributed by atoms with Crippen molar-refractivity contribution >= 4 is 105 Å². The maximum Gasteiger partial charge on any atom is 0.292 e. The van der Waals surface area contributed by atoms with Crippen LogP contribution in [0, 0.1) is 13.8 Å². The standard InChI is InChI=1S/C70H84ClN25O13/c1-40(95-25-28-107-29-26-95)34-96-47-13-12-44(58-41(2)88-109-42(58)3)33-46(47)77-54(96)15-11-43-10-14-48(45(71)32-43)108-31-30-106-27-23-72-55(97)16-19-74-65(100)60-83-52(38-91(60)6)86-69(104)63-80-50(35-93(63)8)79-57(99)18-21-76-67(102)62-84-53(39-92(62)7)87-70(105)64-81-49(36-94(64)9)78-56(98)17-20-75-66(101)61-82-51(37-90(61)5)85-68(103)59-73-22-24-89(59)4/h10,12-14,22,24,32-33,35-40H,11,15-21,23,25-31,34H2,1-9H3,(H,72,97)(H,74,100)(H,75,101)(H,76,102)(H,78,98)(H,79,99)(H,85,103)(H,86,104)(H,87,105)/t40-/m0/s1. The first-order chi connectivity index (χ1) is 52.3. The van der Waals surface area contributed by atoms with Crippen molar-refractivity contribution in [1.29, 1.82) is 0 Å². The summed E-state index contributed by atoms with van der Waals surface area (Å²) in [4.78, 5) is 149. The Kier molecular flexibility index (Phi) is 25.2. The van der Waals surface area contributed by atoms with Crippen molar-refractivity contribution in [3.63, 3.8) is 0 Å². The number of anilines is 5. The highest BCUT2D eigenvalue weighted by atomic mass is 35.5. The molecule has 11 rings (SSSR count). The SMILES string of the molecule is Cc1noc(C)c1-c1ccc2c(c1)nc(CCc1ccc(OCCOCCNC(=O)CCNC(=O)c3nc(NC(=O)c4nc(NC(=O)CCNC(=O)c5nc(NC(=O)c6nc(NC(=O)CCNC(=O)c7nc(NC(=O)c8nccn8C)cn7C)cn6C)cn5C)cn4C)cn3C)c(Cl)c1)n2C[C@H](C)N1CCOCC1.